The van der Waals surface area contributed by atoms with Crippen LogP contribution in [0.15, 0.2) is 46.1 Å². The summed E-state index contributed by atoms with van der Waals surface area (Å²) < 4.78 is 11.5. The summed E-state index contributed by atoms with van der Waals surface area (Å²) >= 11 is 0. The molecule has 0 radical (unpaired) electrons. The van der Waals surface area contributed by atoms with Gasteiger partial charge in [0, 0.05) is 36.1 Å². The molecule has 6 nitrogen and oxygen atoms in total. The van der Waals surface area contributed by atoms with Crippen LogP contribution in [0.5, 0.6) is 0 Å². The molecule has 1 aromatic heterocycles. The quantitative estimate of drug-likeness (QED) is 0.374. The fourth-order valence-electron chi connectivity index (χ4n) is 4.44. The molecule has 2 heterocycles. The van der Waals surface area contributed by atoms with Crippen molar-refractivity contribution >= 4 is 29.9 Å². The van der Waals surface area contributed by atoms with E-state index < -0.39 is 0 Å². The van der Waals surface area contributed by atoms with Crippen LogP contribution in [0.4, 0.5) is 0 Å². The Morgan fingerprint density at radius 3 is 2.82 bits per heavy atom. The van der Waals surface area contributed by atoms with Gasteiger partial charge in [0.15, 0.2) is 18.1 Å². The lowest BCUT2D eigenvalue weighted by Crippen LogP contribution is -2.67. The standard InChI is InChI=1S/C21H28N4O2.HI/c1-4-22-20(25-18-15-10-11-26-19(15)21(18,2)3)23-12-16-17(27-13-24-16)14-8-6-5-7-9-14;/h5-9,13,15,18-19H,4,10-12H2,1-3H3,(H2,22,23,25);1H. The van der Waals surface area contributed by atoms with E-state index in [-0.39, 0.29) is 29.4 Å². The van der Waals surface area contributed by atoms with Crippen LogP contribution in [-0.2, 0) is 11.3 Å². The highest BCUT2D eigenvalue weighted by Gasteiger charge is 2.59. The normalized spacial score (nSPS) is 25.4. The molecule has 1 aliphatic heterocycles. The van der Waals surface area contributed by atoms with Gasteiger partial charge in [-0.2, -0.15) is 0 Å². The lowest BCUT2D eigenvalue weighted by Gasteiger charge is -2.54. The summed E-state index contributed by atoms with van der Waals surface area (Å²) in [6.45, 7) is 8.76. The van der Waals surface area contributed by atoms with Gasteiger partial charge in [-0.15, -0.1) is 24.0 Å². The summed E-state index contributed by atoms with van der Waals surface area (Å²) in [5.74, 6) is 2.17. The smallest absolute Gasteiger partial charge is 0.191 e. The summed E-state index contributed by atoms with van der Waals surface area (Å²) in [6.07, 6.45) is 2.97. The van der Waals surface area contributed by atoms with E-state index in [0.29, 0.717) is 24.6 Å². The van der Waals surface area contributed by atoms with Gasteiger partial charge < -0.3 is 19.8 Å². The Morgan fingerprint density at radius 1 is 1.29 bits per heavy atom. The van der Waals surface area contributed by atoms with Crippen LogP contribution in [0.2, 0.25) is 0 Å². The van der Waals surface area contributed by atoms with Gasteiger partial charge in [-0.25, -0.2) is 9.98 Å². The maximum Gasteiger partial charge on any atom is 0.191 e. The summed E-state index contributed by atoms with van der Waals surface area (Å²) in [5, 5.41) is 7.00. The molecule has 1 aliphatic carbocycles. The van der Waals surface area contributed by atoms with E-state index in [4.69, 9.17) is 14.1 Å². The second kappa shape index (κ2) is 8.82. The van der Waals surface area contributed by atoms with E-state index in [1.807, 2.05) is 30.3 Å². The zero-order chi connectivity index (χ0) is 18.9. The molecule has 0 amide bonds. The average molecular weight is 496 g/mol. The molecule has 152 valence electrons. The first-order valence-electron chi connectivity index (χ1n) is 9.75. The number of aromatic nitrogens is 1. The van der Waals surface area contributed by atoms with Crippen LogP contribution in [-0.4, -0.2) is 36.2 Å². The van der Waals surface area contributed by atoms with E-state index in [0.717, 1.165) is 42.5 Å². The topological polar surface area (TPSA) is 71.7 Å². The van der Waals surface area contributed by atoms with Gasteiger partial charge in [0.05, 0.1) is 12.6 Å². The van der Waals surface area contributed by atoms with Crippen LogP contribution in [0, 0.1) is 11.3 Å². The number of benzene rings is 1. The number of aliphatic imine (C=N–C) groups is 1. The molecular weight excluding hydrogens is 467 g/mol. The first-order valence-corrected chi connectivity index (χ1v) is 9.75. The Hall–Kier alpha value is -1.61. The number of nitrogens with one attached hydrogen (secondary N) is 2. The van der Waals surface area contributed by atoms with Gasteiger partial charge >= 0.3 is 0 Å². The molecule has 3 atom stereocenters. The second-order valence-electron chi connectivity index (χ2n) is 7.88. The molecule has 2 fully saturated rings. The van der Waals surface area contributed by atoms with Crippen molar-refractivity contribution in [2.75, 3.05) is 13.2 Å². The van der Waals surface area contributed by atoms with Crippen molar-refractivity contribution in [2.45, 2.75) is 45.9 Å². The number of nitrogens with zero attached hydrogens (tertiary/aromatic N) is 2. The first kappa shape index (κ1) is 21.1. The Kier molecular flexibility index (Phi) is 6.65. The second-order valence-corrected chi connectivity index (χ2v) is 7.88. The molecule has 4 rings (SSSR count). The van der Waals surface area contributed by atoms with Gasteiger partial charge in [-0.3, -0.25) is 0 Å². The van der Waals surface area contributed by atoms with Gasteiger partial charge in [0.2, 0.25) is 0 Å². The molecule has 0 spiro atoms. The third kappa shape index (κ3) is 3.91. The highest BCUT2D eigenvalue weighted by molar-refractivity contribution is 14.0. The molecule has 28 heavy (non-hydrogen) atoms. The maximum absolute atomic E-state index is 5.90. The van der Waals surface area contributed by atoms with Gasteiger partial charge in [0.25, 0.3) is 0 Å². The minimum atomic E-state index is 0. The van der Waals surface area contributed by atoms with Gasteiger partial charge in [-0.1, -0.05) is 44.2 Å². The fraction of sp³-hybridized carbons (Fsp3) is 0.524. The lowest BCUT2D eigenvalue weighted by molar-refractivity contribution is -0.106. The summed E-state index contributed by atoms with van der Waals surface area (Å²) in [7, 11) is 0. The van der Waals surface area contributed by atoms with Crippen molar-refractivity contribution in [3.8, 4) is 11.3 Å². The van der Waals surface area contributed by atoms with Crippen LogP contribution >= 0.6 is 24.0 Å². The maximum atomic E-state index is 5.90. The predicted octanol–water partition coefficient (Wildman–Crippen LogP) is 3.83. The summed E-state index contributed by atoms with van der Waals surface area (Å²) in [4.78, 5) is 9.15. The Labute approximate surface area is 183 Å². The molecule has 0 bridgehead atoms. The minimum absolute atomic E-state index is 0. The molecule has 1 saturated carbocycles. The Balaban J connectivity index is 0.00000225. The van der Waals surface area contributed by atoms with Crippen molar-refractivity contribution in [2.24, 2.45) is 16.3 Å². The van der Waals surface area contributed by atoms with Crippen LogP contribution < -0.4 is 10.6 Å². The SMILES string of the molecule is CCNC(=NCc1ncoc1-c1ccccc1)NC1C2CCOC2C1(C)C.I. The third-order valence-corrected chi connectivity index (χ3v) is 5.80. The van der Waals surface area contributed by atoms with Crippen molar-refractivity contribution in [1.82, 2.24) is 15.6 Å². The van der Waals surface area contributed by atoms with E-state index in [1.54, 1.807) is 0 Å². The van der Waals surface area contributed by atoms with Crippen molar-refractivity contribution in [1.29, 1.82) is 0 Å². The van der Waals surface area contributed by atoms with Crippen molar-refractivity contribution in [3.63, 3.8) is 0 Å². The number of hydrogen-bond donors (Lipinski definition) is 2. The van der Waals surface area contributed by atoms with E-state index in [9.17, 15) is 0 Å². The largest absolute Gasteiger partial charge is 0.443 e. The van der Waals surface area contributed by atoms with Gasteiger partial charge in [0.1, 0.15) is 5.69 Å². The van der Waals surface area contributed by atoms with E-state index in [2.05, 4.69) is 36.4 Å². The number of guanidine groups is 1. The molecule has 2 aliphatic rings. The highest BCUT2D eigenvalue weighted by Crippen LogP contribution is 2.52. The molecular formula is C21H29IN4O2. The number of rotatable bonds is 5. The number of fused-ring (bicyclic) bond motifs is 1. The fourth-order valence-corrected chi connectivity index (χ4v) is 4.44. The zero-order valence-corrected chi connectivity index (χ0v) is 19.0. The molecule has 1 aromatic carbocycles. The Bertz CT molecular complexity index is 806. The molecule has 1 saturated heterocycles. The van der Waals surface area contributed by atoms with Crippen molar-refractivity contribution in [3.05, 3.63) is 42.4 Å². The zero-order valence-electron chi connectivity index (χ0n) is 16.6. The number of halogens is 1. The lowest BCUT2D eigenvalue weighted by atomic mass is 9.57. The summed E-state index contributed by atoms with van der Waals surface area (Å²) in [5.41, 5.74) is 1.97. The van der Waals surface area contributed by atoms with Crippen molar-refractivity contribution < 1.29 is 9.15 Å². The third-order valence-electron chi connectivity index (χ3n) is 5.80. The van der Waals surface area contributed by atoms with E-state index in [1.165, 1.54) is 6.39 Å². The monoisotopic (exact) mass is 496 g/mol. The van der Waals surface area contributed by atoms with E-state index >= 15 is 0 Å². The molecule has 2 N–H and O–H groups in total. The van der Waals surface area contributed by atoms with Crippen LogP contribution in [0.25, 0.3) is 11.3 Å². The predicted molar refractivity (Wildman–Crippen MR) is 121 cm³/mol. The minimum Gasteiger partial charge on any atom is -0.443 e. The van der Waals surface area contributed by atoms with Crippen LogP contribution in [0.3, 0.4) is 0 Å². The number of ether oxygens (including phenoxy) is 1. The highest BCUT2D eigenvalue weighted by atomic mass is 127. The summed E-state index contributed by atoms with van der Waals surface area (Å²) in [6, 6.07) is 10.4. The first-order chi connectivity index (χ1) is 13.1. The van der Waals surface area contributed by atoms with Crippen LogP contribution in [0.1, 0.15) is 32.9 Å². The average Bonchev–Trinajstić information content (AvgIpc) is 3.33. The molecule has 2 aromatic rings. The van der Waals surface area contributed by atoms with Gasteiger partial charge in [-0.05, 0) is 13.3 Å². The number of oxazole rings is 1. The number of hydrogen-bond acceptors (Lipinski definition) is 4. The molecule has 3 unspecified atom stereocenters. The molecule has 7 heteroatoms. The Morgan fingerprint density at radius 2 is 2.07 bits per heavy atom.